The molecule has 2 N–H and O–H groups in total. The number of amides is 1. The predicted octanol–water partition coefficient (Wildman–Crippen LogP) is 1.58. The number of aryl methyl sites for hydroxylation is 1. The van der Waals surface area contributed by atoms with Crippen molar-refractivity contribution in [3.05, 3.63) is 20.3 Å². The number of rotatable bonds is 4. The number of ether oxygens (including phenoxy) is 1. The number of hydrogen-bond acceptors (Lipinski definition) is 4. The molecule has 0 spiro atoms. The largest absolute Gasteiger partial charge is 0.383 e. The van der Waals surface area contributed by atoms with E-state index in [4.69, 9.17) is 4.74 Å². The molecule has 0 bridgehead atoms. The Bertz CT molecular complexity index is 467. The van der Waals surface area contributed by atoms with Gasteiger partial charge in [-0.25, -0.2) is 0 Å². The van der Waals surface area contributed by atoms with Gasteiger partial charge in [-0.3, -0.25) is 15.1 Å². The first-order valence-corrected chi connectivity index (χ1v) is 7.09. The summed E-state index contributed by atoms with van der Waals surface area (Å²) in [6.45, 7) is 3.08. The summed E-state index contributed by atoms with van der Waals surface area (Å²) in [6, 6.07) is 1.62. The average molecular weight is 332 g/mol. The van der Waals surface area contributed by atoms with E-state index in [1.165, 1.54) is 0 Å². The van der Waals surface area contributed by atoms with Crippen molar-refractivity contribution in [2.75, 3.05) is 20.3 Å². The van der Waals surface area contributed by atoms with Crippen LogP contribution in [0.25, 0.3) is 0 Å². The third kappa shape index (κ3) is 2.90. The molecular formula is C11H14BrN3O2S. The molecule has 5 nitrogen and oxygen atoms in total. The van der Waals surface area contributed by atoms with Gasteiger partial charge in [0.1, 0.15) is 6.04 Å². The number of nitrogens with one attached hydrogen (secondary N) is 2. The minimum Gasteiger partial charge on any atom is -0.383 e. The number of methoxy groups -OCH3 is 1. The lowest BCUT2D eigenvalue weighted by atomic mass is 10.2. The maximum Gasteiger partial charge on any atom is 0.254 e. The average Bonchev–Trinajstić information content (AvgIpc) is 2.84. The molecule has 1 aromatic rings. The molecule has 1 aliphatic rings. The summed E-state index contributed by atoms with van der Waals surface area (Å²) in [7, 11) is 1.62. The van der Waals surface area contributed by atoms with Crippen molar-refractivity contribution in [3.8, 4) is 0 Å². The van der Waals surface area contributed by atoms with E-state index in [0.29, 0.717) is 19.1 Å². The van der Waals surface area contributed by atoms with Crippen molar-refractivity contribution in [3.63, 3.8) is 0 Å². The van der Waals surface area contributed by atoms with Gasteiger partial charge in [0.25, 0.3) is 5.91 Å². The fourth-order valence-corrected chi connectivity index (χ4v) is 3.20. The first-order chi connectivity index (χ1) is 8.61. The molecule has 2 heterocycles. The second-order valence-corrected chi connectivity index (χ2v) is 5.98. The lowest BCUT2D eigenvalue weighted by Gasteiger charge is -2.03. The molecule has 18 heavy (non-hydrogen) atoms. The number of carbonyl (C=O) groups excluding carboxylic acids is 1. The molecule has 1 fully saturated rings. The van der Waals surface area contributed by atoms with Gasteiger partial charge < -0.3 is 10.1 Å². The fraction of sp³-hybridized carbons (Fsp3) is 0.455. The van der Waals surface area contributed by atoms with E-state index >= 15 is 0 Å². The number of nitrogens with zero attached hydrogens (tertiary/aromatic N) is 1. The van der Waals surface area contributed by atoms with Crippen LogP contribution in [0.3, 0.4) is 0 Å². The van der Waals surface area contributed by atoms with E-state index in [9.17, 15) is 4.79 Å². The third-order valence-corrected chi connectivity index (χ3v) is 4.71. The molecule has 1 atom stereocenters. The summed E-state index contributed by atoms with van der Waals surface area (Å²) < 4.78 is 5.94. The van der Waals surface area contributed by atoms with Crippen LogP contribution >= 0.6 is 27.3 Å². The summed E-state index contributed by atoms with van der Waals surface area (Å²) in [4.78, 5) is 18.2. The third-order valence-electron chi connectivity index (χ3n) is 2.51. The standard InChI is InChI=1S/C11H14BrN3O2S/c1-6-7(12)5-8(18-6)9-10(16)15-11(14-9)13-3-4-17-2/h5,9H,3-4H2,1-2H3,(H2,13,14,15,16). The molecule has 0 aliphatic carbocycles. The molecule has 98 valence electrons. The van der Waals surface area contributed by atoms with E-state index in [1.807, 2.05) is 13.0 Å². The van der Waals surface area contributed by atoms with E-state index in [2.05, 4.69) is 31.6 Å². The summed E-state index contributed by atoms with van der Waals surface area (Å²) in [5, 5.41) is 5.81. The summed E-state index contributed by atoms with van der Waals surface area (Å²) in [6.07, 6.45) is 0. The Balaban J connectivity index is 2.07. The molecule has 7 heteroatoms. The Morgan fingerprint density at radius 3 is 3.00 bits per heavy atom. The van der Waals surface area contributed by atoms with Crippen LogP contribution in [-0.2, 0) is 9.53 Å². The summed E-state index contributed by atoms with van der Waals surface area (Å²) in [5.41, 5.74) is 0. The Kier molecular flexibility index (Phi) is 4.36. The minimum absolute atomic E-state index is 0.0695. The second-order valence-electron chi connectivity index (χ2n) is 3.84. The second kappa shape index (κ2) is 5.81. The molecular weight excluding hydrogens is 318 g/mol. The Morgan fingerprint density at radius 2 is 2.39 bits per heavy atom. The normalized spacial score (nSPS) is 21.2. The topological polar surface area (TPSA) is 62.7 Å². The van der Waals surface area contributed by atoms with Gasteiger partial charge in [-0.05, 0) is 28.9 Å². The molecule has 2 rings (SSSR count). The molecule has 0 radical (unpaired) electrons. The number of hydrogen-bond donors (Lipinski definition) is 2. The van der Waals surface area contributed by atoms with Gasteiger partial charge in [-0.15, -0.1) is 11.3 Å². The molecule has 1 saturated heterocycles. The number of thiophene rings is 1. The van der Waals surface area contributed by atoms with Crippen molar-refractivity contribution in [1.82, 2.24) is 10.6 Å². The highest BCUT2D eigenvalue weighted by atomic mass is 79.9. The van der Waals surface area contributed by atoms with Crippen LogP contribution in [0.15, 0.2) is 15.5 Å². The van der Waals surface area contributed by atoms with Crippen molar-refractivity contribution < 1.29 is 9.53 Å². The van der Waals surface area contributed by atoms with E-state index in [1.54, 1.807) is 18.4 Å². The molecule has 1 aromatic heterocycles. The zero-order valence-electron chi connectivity index (χ0n) is 10.1. The highest BCUT2D eigenvalue weighted by Crippen LogP contribution is 2.31. The highest BCUT2D eigenvalue weighted by molar-refractivity contribution is 9.10. The lowest BCUT2D eigenvalue weighted by molar-refractivity contribution is -0.120. The van der Waals surface area contributed by atoms with Gasteiger partial charge in [0.2, 0.25) is 0 Å². The van der Waals surface area contributed by atoms with E-state index in [0.717, 1.165) is 14.2 Å². The molecule has 1 aliphatic heterocycles. The lowest BCUT2D eigenvalue weighted by Crippen LogP contribution is -2.26. The maximum atomic E-state index is 11.8. The fourth-order valence-electron chi connectivity index (χ4n) is 1.59. The Labute approximate surface area is 118 Å². The van der Waals surface area contributed by atoms with Crippen LogP contribution in [0.5, 0.6) is 0 Å². The zero-order chi connectivity index (χ0) is 13.1. The van der Waals surface area contributed by atoms with Crippen LogP contribution in [0.2, 0.25) is 0 Å². The van der Waals surface area contributed by atoms with Gasteiger partial charge in [-0.1, -0.05) is 0 Å². The van der Waals surface area contributed by atoms with E-state index in [-0.39, 0.29) is 11.9 Å². The quantitative estimate of drug-likeness (QED) is 0.823. The molecule has 1 amide bonds. The summed E-state index contributed by atoms with van der Waals surface area (Å²) in [5.74, 6) is 0.448. The SMILES string of the molecule is COCCN=C1NC(=O)C(c2cc(Br)c(C)s2)N1. The van der Waals surface area contributed by atoms with Crippen LogP contribution < -0.4 is 10.6 Å². The van der Waals surface area contributed by atoms with Crippen LogP contribution in [-0.4, -0.2) is 32.1 Å². The van der Waals surface area contributed by atoms with Crippen LogP contribution in [0.1, 0.15) is 15.8 Å². The van der Waals surface area contributed by atoms with E-state index < -0.39 is 0 Å². The Hall–Kier alpha value is -0.920. The Morgan fingerprint density at radius 1 is 1.61 bits per heavy atom. The minimum atomic E-state index is -0.346. The predicted molar refractivity (Wildman–Crippen MR) is 75.0 cm³/mol. The van der Waals surface area contributed by atoms with Crippen molar-refractivity contribution in [2.45, 2.75) is 13.0 Å². The monoisotopic (exact) mass is 331 g/mol. The van der Waals surface area contributed by atoms with Gasteiger partial charge >= 0.3 is 0 Å². The first-order valence-electron chi connectivity index (χ1n) is 5.48. The summed E-state index contributed by atoms with van der Waals surface area (Å²) >= 11 is 5.05. The maximum absolute atomic E-state index is 11.8. The van der Waals surface area contributed by atoms with Crippen LogP contribution in [0, 0.1) is 6.92 Å². The number of guanidine groups is 1. The number of halogens is 1. The van der Waals surface area contributed by atoms with Crippen LogP contribution in [0.4, 0.5) is 0 Å². The number of aliphatic imine (C=N–C) groups is 1. The molecule has 0 aromatic carbocycles. The van der Waals surface area contributed by atoms with Crippen molar-refractivity contribution >= 4 is 39.1 Å². The van der Waals surface area contributed by atoms with Gasteiger partial charge in [0.05, 0.1) is 13.2 Å². The molecule has 0 saturated carbocycles. The zero-order valence-corrected chi connectivity index (χ0v) is 12.5. The smallest absolute Gasteiger partial charge is 0.254 e. The van der Waals surface area contributed by atoms with Gasteiger partial charge in [0.15, 0.2) is 5.96 Å². The first kappa shape index (κ1) is 13.5. The van der Waals surface area contributed by atoms with Gasteiger partial charge in [-0.2, -0.15) is 0 Å². The molecule has 1 unspecified atom stereocenters. The van der Waals surface area contributed by atoms with Gasteiger partial charge in [0, 0.05) is 21.3 Å². The highest BCUT2D eigenvalue weighted by Gasteiger charge is 2.31. The van der Waals surface area contributed by atoms with Crippen molar-refractivity contribution in [2.24, 2.45) is 4.99 Å². The van der Waals surface area contributed by atoms with Crippen molar-refractivity contribution in [1.29, 1.82) is 0 Å². The number of carbonyl (C=O) groups is 1.